The van der Waals surface area contributed by atoms with Crippen LogP contribution in [0.4, 0.5) is 0 Å². The first-order valence-corrected chi connectivity index (χ1v) is 18.3. The van der Waals surface area contributed by atoms with Crippen molar-refractivity contribution in [3.05, 3.63) is 36.5 Å². The predicted octanol–water partition coefficient (Wildman–Crippen LogP) is 8.01. The molecule has 0 aliphatic carbocycles. The van der Waals surface area contributed by atoms with Crippen molar-refractivity contribution in [1.29, 1.82) is 0 Å². The first kappa shape index (κ1) is 41.7. The third-order valence-electron chi connectivity index (χ3n) is 7.15. The molecular weight excluding hydrogens is 563 g/mol. The van der Waals surface area contributed by atoms with Gasteiger partial charge in [-0.15, -0.1) is 0 Å². The van der Waals surface area contributed by atoms with E-state index in [-0.39, 0.29) is 19.1 Å². The Kier molecular flexibility index (Phi) is 26.3. The molecule has 9 heteroatoms. The highest BCUT2D eigenvalue weighted by Gasteiger charge is 2.28. The minimum Gasteiger partial charge on any atom is -0.391 e. The molecule has 0 spiro atoms. The maximum Gasteiger partial charge on any atom is 0.472 e. The molecule has 3 N–H and O–H groups in total. The Hall–Kier alpha value is -1.28. The number of aliphatic hydroxyl groups excluding tert-OH is 1. The van der Waals surface area contributed by atoms with Gasteiger partial charge in [0.15, 0.2) is 0 Å². The van der Waals surface area contributed by atoms with Crippen LogP contribution in [0.2, 0.25) is 0 Å². The summed E-state index contributed by atoms with van der Waals surface area (Å²) in [7, 11) is 1.59. The first-order chi connectivity index (χ1) is 20.5. The lowest BCUT2D eigenvalue weighted by Gasteiger charge is -2.26. The fourth-order valence-electron chi connectivity index (χ4n) is 4.41. The van der Waals surface area contributed by atoms with Gasteiger partial charge in [-0.3, -0.25) is 13.8 Å². The molecule has 8 nitrogen and oxygen atoms in total. The highest BCUT2D eigenvalue weighted by Crippen LogP contribution is 2.43. The van der Waals surface area contributed by atoms with Crippen molar-refractivity contribution in [3.8, 4) is 0 Å². The summed E-state index contributed by atoms with van der Waals surface area (Å²) >= 11 is 0. The van der Waals surface area contributed by atoms with E-state index in [0.29, 0.717) is 23.9 Å². The van der Waals surface area contributed by atoms with E-state index in [0.717, 1.165) is 70.6 Å². The topological polar surface area (TPSA) is 105 Å². The van der Waals surface area contributed by atoms with Crippen LogP contribution in [-0.4, -0.2) is 73.4 Å². The van der Waals surface area contributed by atoms with Crippen LogP contribution >= 0.6 is 7.82 Å². The van der Waals surface area contributed by atoms with Gasteiger partial charge >= 0.3 is 7.82 Å². The minimum absolute atomic E-state index is 0.0698. The number of phosphoric ester groups is 1. The van der Waals surface area contributed by atoms with E-state index < -0.39 is 20.0 Å². The van der Waals surface area contributed by atoms with E-state index in [9.17, 15) is 19.4 Å². The van der Waals surface area contributed by atoms with Crippen LogP contribution in [0.5, 0.6) is 0 Å². The molecule has 0 aliphatic heterocycles. The summed E-state index contributed by atoms with van der Waals surface area (Å²) in [4.78, 5) is 22.7. The largest absolute Gasteiger partial charge is 0.472 e. The Morgan fingerprint density at radius 1 is 0.814 bits per heavy atom. The number of quaternary nitrogens is 1. The van der Waals surface area contributed by atoms with Crippen LogP contribution in [0.25, 0.3) is 0 Å². The molecule has 252 valence electrons. The van der Waals surface area contributed by atoms with Gasteiger partial charge in [0.2, 0.25) is 5.91 Å². The summed E-state index contributed by atoms with van der Waals surface area (Å²) in [5.41, 5.74) is 0. The van der Waals surface area contributed by atoms with E-state index in [1.807, 2.05) is 21.1 Å². The summed E-state index contributed by atoms with van der Waals surface area (Å²) in [6, 6.07) is -0.760. The standard InChI is InChI=1S/C34H65N2O6P/c1-6-8-10-12-13-14-15-16-17-18-19-20-21-22-23-24-26-28-34(38)35-32(33(37)27-25-11-9-7-2)31-42-43(39,40)41-30-29-36(3,4)5/h8,10,13-14,16-17,32-33,37H,6-7,9,11-12,15,18-31H2,1-5H3,(H-,35,38,39,40)/p+1/b10-8-,14-13-,17-16-. The lowest BCUT2D eigenvalue weighted by Crippen LogP contribution is -2.46. The molecule has 0 aromatic carbocycles. The third-order valence-corrected chi connectivity index (χ3v) is 8.14. The lowest BCUT2D eigenvalue weighted by molar-refractivity contribution is -0.870. The average molecular weight is 630 g/mol. The van der Waals surface area contributed by atoms with Gasteiger partial charge in [-0.25, -0.2) is 4.57 Å². The van der Waals surface area contributed by atoms with Gasteiger partial charge in [0, 0.05) is 6.42 Å². The number of hydrogen-bond acceptors (Lipinski definition) is 5. The normalized spacial score (nSPS) is 15.4. The Bertz CT molecular complexity index is 809. The number of likely N-dealkylation sites (N-methyl/N-ethyl adjacent to an activating group) is 1. The molecule has 0 heterocycles. The smallest absolute Gasteiger partial charge is 0.391 e. The van der Waals surface area contributed by atoms with Gasteiger partial charge in [-0.05, 0) is 44.9 Å². The average Bonchev–Trinajstić information content (AvgIpc) is 2.94. The number of unbranched alkanes of at least 4 members (excludes halogenated alkanes) is 10. The number of nitrogens with zero attached hydrogens (tertiary/aromatic N) is 1. The molecule has 1 amide bonds. The molecule has 0 bridgehead atoms. The Labute approximate surface area is 264 Å². The van der Waals surface area contributed by atoms with E-state index >= 15 is 0 Å². The van der Waals surface area contributed by atoms with Crippen molar-refractivity contribution < 1.29 is 32.9 Å². The van der Waals surface area contributed by atoms with Gasteiger partial charge in [0.1, 0.15) is 13.2 Å². The second-order valence-electron chi connectivity index (χ2n) is 12.5. The molecule has 3 atom stereocenters. The Morgan fingerprint density at radius 2 is 1.40 bits per heavy atom. The van der Waals surface area contributed by atoms with Crippen LogP contribution in [0.1, 0.15) is 123 Å². The molecule has 0 saturated carbocycles. The van der Waals surface area contributed by atoms with Crippen molar-refractivity contribution >= 4 is 13.7 Å². The van der Waals surface area contributed by atoms with Crippen LogP contribution < -0.4 is 5.32 Å². The molecule has 43 heavy (non-hydrogen) atoms. The number of allylic oxidation sites excluding steroid dienone is 6. The quantitative estimate of drug-likeness (QED) is 0.0335. The maximum atomic E-state index is 12.6. The number of carbonyl (C=O) groups excluding carboxylic acids is 1. The Balaban J connectivity index is 4.27. The van der Waals surface area contributed by atoms with E-state index in [2.05, 4.69) is 55.6 Å². The summed E-state index contributed by atoms with van der Waals surface area (Å²) in [6.07, 6.45) is 29.3. The van der Waals surface area contributed by atoms with E-state index in [4.69, 9.17) is 9.05 Å². The molecule has 0 fully saturated rings. The number of amides is 1. The third kappa shape index (κ3) is 29.2. The second-order valence-corrected chi connectivity index (χ2v) is 14.0. The summed E-state index contributed by atoms with van der Waals surface area (Å²) in [5, 5.41) is 13.6. The summed E-state index contributed by atoms with van der Waals surface area (Å²) in [5.74, 6) is -0.168. The number of nitrogens with one attached hydrogen (secondary N) is 1. The fraction of sp³-hybridized carbons (Fsp3) is 0.794. The van der Waals surface area contributed by atoms with Gasteiger partial charge < -0.3 is 19.8 Å². The molecule has 0 aliphatic rings. The molecule has 0 radical (unpaired) electrons. The molecule has 0 saturated heterocycles. The number of aliphatic hydroxyl groups is 1. The zero-order chi connectivity index (χ0) is 32.2. The lowest BCUT2D eigenvalue weighted by atomic mass is 10.0. The van der Waals surface area contributed by atoms with E-state index in [1.165, 1.54) is 25.7 Å². The maximum absolute atomic E-state index is 12.6. The Morgan fingerprint density at radius 3 is 2.02 bits per heavy atom. The van der Waals surface area contributed by atoms with Crippen molar-refractivity contribution in [2.45, 2.75) is 135 Å². The molecule has 0 rings (SSSR count). The fourth-order valence-corrected chi connectivity index (χ4v) is 5.15. The van der Waals surface area contributed by atoms with Crippen molar-refractivity contribution in [2.75, 3.05) is 40.9 Å². The van der Waals surface area contributed by atoms with Crippen molar-refractivity contribution in [3.63, 3.8) is 0 Å². The van der Waals surface area contributed by atoms with Crippen molar-refractivity contribution in [1.82, 2.24) is 5.32 Å². The summed E-state index contributed by atoms with van der Waals surface area (Å²) < 4.78 is 23.2. The molecule has 0 aromatic heterocycles. The van der Waals surface area contributed by atoms with Crippen LogP contribution in [-0.2, 0) is 18.4 Å². The summed E-state index contributed by atoms with van der Waals surface area (Å²) in [6.45, 7) is 4.61. The SMILES string of the molecule is CC/C=C\C/C=C\C/C=C\CCCCCCCCCC(=O)NC(COP(=O)(O)OCC[N+](C)(C)C)C(O)CCCCCC. The van der Waals surface area contributed by atoms with Crippen LogP contribution in [0.3, 0.4) is 0 Å². The second kappa shape index (κ2) is 27.1. The monoisotopic (exact) mass is 629 g/mol. The van der Waals surface area contributed by atoms with Crippen molar-refractivity contribution in [2.24, 2.45) is 0 Å². The molecule has 3 unspecified atom stereocenters. The minimum atomic E-state index is -4.29. The zero-order valence-corrected chi connectivity index (χ0v) is 29.1. The highest BCUT2D eigenvalue weighted by atomic mass is 31.2. The molecule has 0 aromatic rings. The number of hydrogen-bond donors (Lipinski definition) is 3. The van der Waals surface area contributed by atoms with Crippen LogP contribution in [0, 0.1) is 0 Å². The zero-order valence-electron chi connectivity index (χ0n) is 28.2. The number of phosphoric acid groups is 1. The van der Waals surface area contributed by atoms with Gasteiger partial charge in [-0.2, -0.15) is 0 Å². The number of rotatable bonds is 29. The van der Waals surface area contributed by atoms with Gasteiger partial charge in [-0.1, -0.05) is 108 Å². The van der Waals surface area contributed by atoms with Crippen LogP contribution in [0.15, 0.2) is 36.5 Å². The number of carbonyl (C=O) groups is 1. The first-order valence-electron chi connectivity index (χ1n) is 16.9. The highest BCUT2D eigenvalue weighted by molar-refractivity contribution is 7.47. The predicted molar refractivity (Wildman–Crippen MR) is 180 cm³/mol. The van der Waals surface area contributed by atoms with Gasteiger partial charge in [0.05, 0.1) is 39.9 Å². The van der Waals surface area contributed by atoms with E-state index in [1.54, 1.807) is 0 Å². The van der Waals surface area contributed by atoms with Gasteiger partial charge in [0.25, 0.3) is 0 Å². The molecular formula is C34H66N2O6P+.